The molecule has 0 spiro atoms. The van der Waals surface area contributed by atoms with Crippen molar-refractivity contribution in [1.82, 2.24) is 9.97 Å². The third-order valence-electron chi connectivity index (χ3n) is 6.20. The third kappa shape index (κ3) is 15.6. The molecule has 0 aliphatic heterocycles. The highest BCUT2D eigenvalue weighted by molar-refractivity contribution is 7.99. The first-order valence-corrected chi connectivity index (χ1v) is 14.4. The van der Waals surface area contributed by atoms with E-state index in [2.05, 4.69) is 56.0 Å². The van der Waals surface area contributed by atoms with Crippen LogP contribution >= 0.6 is 23.4 Å². The molecule has 3 atom stereocenters. The zero-order chi connectivity index (χ0) is 25.3. The quantitative estimate of drug-likeness (QED) is 0.111. The molecular weight excluding hydrogens is 466 g/mol. The number of aromatic nitrogens is 2. The normalized spacial score (nSPS) is 14.7. The minimum absolute atomic E-state index is 0.238. The van der Waals surface area contributed by atoms with E-state index in [-0.39, 0.29) is 11.1 Å². The van der Waals surface area contributed by atoms with E-state index in [1.165, 1.54) is 63.1 Å². The summed E-state index contributed by atoms with van der Waals surface area (Å²) in [5.74, 6) is 3.04. The Kier molecular flexibility index (Phi) is 16.3. The Bertz CT molecular complexity index is 730. The first-order valence-electron chi connectivity index (χ1n) is 12.9. The molecule has 1 rings (SSSR count). The molecule has 0 aromatic carbocycles. The molecule has 0 amide bonds. The van der Waals surface area contributed by atoms with Crippen LogP contribution in [0.1, 0.15) is 92.4 Å². The van der Waals surface area contributed by atoms with Crippen LogP contribution in [0, 0.1) is 17.8 Å². The van der Waals surface area contributed by atoms with Gasteiger partial charge >= 0.3 is 5.97 Å². The standard InChI is InChI=1S/C27H46ClN3O2S/c1-20(2)9-6-10-21(3)11-7-12-22(4)13-8-14-23(5)16-18-34-19-24(26(32)33)30-27-29-17-15-25(28)31-27/h15-17,20-22,24H,6-14,18-19H2,1-5H3,(H,32,33)(H,29,30,31)/b23-16+/t21?,22?,24-/m0/s1. The summed E-state index contributed by atoms with van der Waals surface area (Å²) >= 11 is 7.44. The predicted octanol–water partition coefficient (Wildman–Crippen LogP) is 8.11. The summed E-state index contributed by atoms with van der Waals surface area (Å²) < 4.78 is 0. The number of nitrogens with zero attached hydrogens (tertiary/aromatic N) is 2. The Morgan fingerprint density at radius 2 is 1.71 bits per heavy atom. The molecule has 1 aromatic heterocycles. The van der Waals surface area contributed by atoms with Gasteiger partial charge in [0.2, 0.25) is 5.95 Å². The van der Waals surface area contributed by atoms with Crippen molar-refractivity contribution in [3.05, 3.63) is 29.1 Å². The van der Waals surface area contributed by atoms with Gasteiger partial charge in [-0.25, -0.2) is 14.8 Å². The number of aliphatic carboxylic acids is 1. The van der Waals surface area contributed by atoms with Gasteiger partial charge in [0, 0.05) is 17.7 Å². The fraction of sp³-hybridized carbons (Fsp3) is 0.741. The highest BCUT2D eigenvalue weighted by Gasteiger charge is 2.18. The number of rotatable bonds is 19. The van der Waals surface area contributed by atoms with E-state index in [1.54, 1.807) is 17.8 Å². The average molecular weight is 512 g/mol. The third-order valence-corrected chi connectivity index (χ3v) is 7.38. The number of carboxylic acid groups (broad SMARTS) is 1. The molecule has 1 heterocycles. The molecule has 194 valence electrons. The lowest BCUT2D eigenvalue weighted by atomic mass is 9.91. The van der Waals surface area contributed by atoms with Crippen molar-refractivity contribution in [2.75, 3.05) is 16.8 Å². The Morgan fingerprint density at radius 1 is 1.09 bits per heavy atom. The zero-order valence-corrected chi connectivity index (χ0v) is 23.4. The second-order valence-corrected chi connectivity index (χ2v) is 11.6. The van der Waals surface area contributed by atoms with Crippen LogP contribution in [0.15, 0.2) is 23.9 Å². The Labute approximate surface area is 217 Å². The first kappa shape index (κ1) is 30.8. The summed E-state index contributed by atoms with van der Waals surface area (Å²) in [6.07, 6.45) is 15.5. The summed E-state index contributed by atoms with van der Waals surface area (Å²) in [6, 6.07) is 0.804. The Balaban J connectivity index is 2.17. The van der Waals surface area contributed by atoms with Crippen LogP contribution in [0.5, 0.6) is 0 Å². The van der Waals surface area contributed by atoms with Gasteiger partial charge in [-0.2, -0.15) is 11.8 Å². The van der Waals surface area contributed by atoms with E-state index < -0.39 is 12.0 Å². The van der Waals surface area contributed by atoms with Crippen LogP contribution in [0.4, 0.5) is 5.95 Å². The summed E-state index contributed by atoms with van der Waals surface area (Å²) in [5, 5.41) is 12.6. The molecule has 5 nitrogen and oxygen atoms in total. The fourth-order valence-electron chi connectivity index (χ4n) is 3.93. The van der Waals surface area contributed by atoms with Gasteiger partial charge in [-0.3, -0.25) is 0 Å². The fourth-order valence-corrected chi connectivity index (χ4v) is 5.07. The maximum absolute atomic E-state index is 11.5. The van der Waals surface area contributed by atoms with Crippen molar-refractivity contribution in [3.8, 4) is 0 Å². The minimum atomic E-state index is -0.921. The molecule has 0 fully saturated rings. The summed E-state index contributed by atoms with van der Waals surface area (Å²) in [5.41, 5.74) is 1.39. The molecule has 0 saturated carbocycles. The summed E-state index contributed by atoms with van der Waals surface area (Å²) in [6.45, 7) is 11.6. The van der Waals surface area contributed by atoms with Gasteiger partial charge in [-0.15, -0.1) is 0 Å². The average Bonchev–Trinajstić information content (AvgIpc) is 2.75. The number of nitrogens with one attached hydrogen (secondary N) is 1. The van der Waals surface area contributed by atoms with Crippen LogP contribution in [0.25, 0.3) is 0 Å². The molecular formula is C27H46ClN3O2S. The Morgan fingerprint density at radius 3 is 2.29 bits per heavy atom. The molecule has 2 N–H and O–H groups in total. The molecule has 34 heavy (non-hydrogen) atoms. The topological polar surface area (TPSA) is 75.1 Å². The van der Waals surface area contributed by atoms with Crippen LogP contribution in [-0.2, 0) is 4.79 Å². The van der Waals surface area contributed by atoms with E-state index >= 15 is 0 Å². The SMILES string of the molecule is C/C(=C\CSC[C@H](Nc1nccc(Cl)n1)C(=O)O)CCCC(C)CCCC(C)CCCC(C)C. The van der Waals surface area contributed by atoms with E-state index in [1.807, 2.05) is 0 Å². The first-order chi connectivity index (χ1) is 16.2. The van der Waals surface area contributed by atoms with Crippen molar-refractivity contribution in [3.63, 3.8) is 0 Å². The maximum Gasteiger partial charge on any atom is 0.327 e. The van der Waals surface area contributed by atoms with Crippen LogP contribution in [-0.4, -0.2) is 38.6 Å². The van der Waals surface area contributed by atoms with Gasteiger partial charge in [0.25, 0.3) is 0 Å². The van der Waals surface area contributed by atoms with E-state index in [0.29, 0.717) is 5.75 Å². The van der Waals surface area contributed by atoms with Crippen molar-refractivity contribution in [1.29, 1.82) is 0 Å². The molecule has 2 unspecified atom stereocenters. The van der Waals surface area contributed by atoms with Crippen molar-refractivity contribution >= 4 is 35.3 Å². The number of hydrogen-bond acceptors (Lipinski definition) is 5. The number of hydrogen-bond donors (Lipinski definition) is 2. The molecule has 0 bridgehead atoms. The number of thioether (sulfide) groups is 1. The largest absolute Gasteiger partial charge is 0.480 e. The lowest BCUT2D eigenvalue weighted by molar-refractivity contribution is -0.137. The number of allylic oxidation sites excluding steroid dienone is 1. The van der Waals surface area contributed by atoms with E-state index in [4.69, 9.17) is 11.6 Å². The number of anilines is 1. The van der Waals surface area contributed by atoms with E-state index in [9.17, 15) is 9.90 Å². The summed E-state index contributed by atoms with van der Waals surface area (Å²) in [4.78, 5) is 19.5. The number of halogens is 1. The van der Waals surface area contributed by atoms with Gasteiger partial charge in [0.05, 0.1) is 0 Å². The van der Waals surface area contributed by atoms with Crippen LogP contribution in [0.2, 0.25) is 5.15 Å². The van der Waals surface area contributed by atoms with Crippen molar-refractivity contribution < 1.29 is 9.90 Å². The second-order valence-electron chi connectivity index (χ2n) is 10.2. The molecule has 0 radical (unpaired) electrons. The second kappa shape index (κ2) is 18.1. The van der Waals surface area contributed by atoms with Gasteiger partial charge in [0.15, 0.2) is 0 Å². The van der Waals surface area contributed by atoms with E-state index in [0.717, 1.165) is 29.9 Å². The lowest BCUT2D eigenvalue weighted by Gasteiger charge is -2.15. The maximum atomic E-state index is 11.5. The number of carbonyl (C=O) groups is 1. The molecule has 0 aliphatic rings. The highest BCUT2D eigenvalue weighted by Crippen LogP contribution is 2.22. The molecule has 7 heteroatoms. The van der Waals surface area contributed by atoms with Gasteiger partial charge < -0.3 is 10.4 Å². The summed E-state index contributed by atoms with van der Waals surface area (Å²) in [7, 11) is 0. The molecule has 0 aliphatic carbocycles. The smallest absolute Gasteiger partial charge is 0.327 e. The predicted molar refractivity (Wildman–Crippen MR) is 148 cm³/mol. The molecule has 0 saturated heterocycles. The highest BCUT2D eigenvalue weighted by atomic mass is 35.5. The lowest BCUT2D eigenvalue weighted by Crippen LogP contribution is -2.32. The van der Waals surface area contributed by atoms with Crippen LogP contribution in [0.3, 0.4) is 0 Å². The number of carboxylic acids is 1. The monoisotopic (exact) mass is 511 g/mol. The molecule has 1 aromatic rings. The van der Waals surface area contributed by atoms with Crippen molar-refractivity contribution in [2.45, 2.75) is 98.4 Å². The van der Waals surface area contributed by atoms with Gasteiger partial charge in [-0.05, 0) is 43.6 Å². The minimum Gasteiger partial charge on any atom is -0.480 e. The van der Waals surface area contributed by atoms with Crippen molar-refractivity contribution in [2.24, 2.45) is 17.8 Å². The van der Waals surface area contributed by atoms with Crippen LogP contribution < -0.4 is 5.32 Å². The van der Waals surface area contributed by atoms with Gasteiger partial charge in [-0.1, -0.05) is 95.9 Å². The van der Waals surface area contributed by atoms with Gasteiger partial charge in [0.1, 0.15) is 11.2 Å². The zero-order valence-electron chi connectivity index (χ0n) is 21.9. The Hall–Kier alpha value is -1.27.